The fraction of sp³-hybridized carbons (Fsp3) is 0.571. The first-order valence-electron chi connectivity index (χ1n) is 6.42. The van der Waals surface area contributed by atoms with Gasteiger partial charge in [0, 0.05) is 36.9 Å². The van der Waals surface area contributed by atoms with E-state index in [0.29, 0.717) is 11.6 Å². The number of benzene rings is 1. The number of likely N-dealkylation sites (N-methyl/N-ethyl adjacent to an activating group) is 1. The Bertz CT molecular complexity index is 422. The van der Waals surface area contributed by atoms with Gasteiger partial charge in [0.25, 0.3) is 0 Å². The Hall–Kier alpha value is -1.13. The van der Waals surface area contributed by atoms with Crippen LogP contribution >= 0.6 is 0 Å². The van der Waals surface area contributed by atoms with Crippen LogP contribution < -0.4 is 4.90 Å². The molecular weight excluding hydrogens is 231 g/mol. The Morgan fingerprint density at radius 3 is 2.72 bits per heavy atom. The summed E-state index contributed by atoms with van der Waals surface area (Å²) in [5.41, 5.74) is 1.24. The van der Waals surface area contributed by atoms with E-state index in [2.05, 4.69) is 23.8 Å². The van der Waals surface area contributed by atoms with E-state index < -0.39 is 6.10 Å². The molecule has 0 bridgehead atoms. The second kappa shape index (κ2) is 5.24. The molecule has 1 aliphatic heterocycles. The molecule has 1 aliphatic rings. The van der Waals surface area contributed by atoms with Crippen molar-refractivity contribution in [2.24, 2.45) is 0 Å². The van der Waals surface area contributed by atoms with E-state index in [1.54, 1.807) is 13.0 Å². The lowest BCUT2D eigenvalue weighted by Crippen LogP contribution is -2.50. The molecule has 0 aliphatic carbocycles. The fourth-order valence-electron chi connectivity index (χ4n) is 2.48. The number of piperazine rings is 1. The molecule has 2 atom stereocenters. The standard InChI is InChI=1S/C14H21FN2O/c1-10-9-17(8-7-16(10)3)13-6-4-5-12(15)14(13)11(2)18/h4-6,10-11,18H,7-9H2,1-3H3/t10?,11-/m1/s1. The van der Waals surface area contributed by atoms with Gasteiger partial charge in [-0.15, -0.1) is 0 Å². The first-order chi connectivity index (χ1) is 8.50. The first kappa shape index (κ1) is 13.3. The van der Waals surface area contributed by atoms with E-state index in [1.807, 2.05) is 6.07 Å². The second-order valence-corrected chi connectivity index (χ2v) is 5.12. The van der Waals surface area contributed by atoms with E-state index >= 15 is 0 Å². The normalized spacial score (nSPS) is 23.2. The van der Waals surface area contributed by atoms with E-state index in [-0.39, 0.29) is 5.82 Å². The molecule has 0 radical (unpaired) electrons. The molecule has 0 saturated carbocycles. The van der Waals surface area contributed by atoms with Gasteiger partial charge in [-0.25, -0.2) is 4.39 Å². The SMILES string of the molecule is CC1CN(c2cccc(F)c2[C@@H](C)O)CCN1C. The van der Waals surface area contributed by atoms with E-state index in [9.17, 15) is 9.50 Å². The van der Waals surface area contributed by atoms with Gasteiger partial charge in [-0.2, -0.15) is 0 Å². The lowest BCUT2D eigenvalue weighted by atomic mass is 10.0. The van der Waals surface area contributed by atoms with Crippen LogP contribution in [0.15, 0.2) is 18.2 Å². The zero-order chi connectivity index (χ0) is 13.3. The summed E-state index contributed by atoms with van der Waals surface area (Å²) in [6, 6.07) is 5.44. The zero-order valence-corrected chi connectivity index (χ0v) is 11.2. The van der Waals surface area contributed by atoms with Crippen molar-refractivity contribution < 1.29 is 9.50 Å². The average Bonchev–Trinajstić information content (AvgIpc) is 2.32. The number of anilines is 1. The molecule has 2 rings (SSSR count). The monoisotopic (exact) mass is 252 g/mol. The van der Waals surface area contributed by atoms with Crippen LogP contribution in [-0.4, -0.2) is 42.7 Å². The largest absolute Gasteiger partial charge is 0.389 e. The Labute approximate surface area is 108 Å². The summed E-state index contributed by atoms with van der Waals surface area (Å²) in [6.45, 7) is 6.45. The highest BCUT2D eigenvalue weighted by molar-refractivity contribution is 5.55. The van der Waals surface area contributed by atoms with Crippen molar-refractivity contribution in [2.45, 2.75) is 26.0 Å². The number of nitrogens with zero attached hydrogens (tertiary/aromatic N) is 2. The molecule has 1 fully saturated rings. The molecule has 1 aromatic rings. The highest BCUT2D eigenvalue weighted by Crippen LogP contribution is 2.30. The van der Waals surface area contributed by atoms with Crippen LogP contribution in [0.1, 0.15) is 25.5 Å². The summed E-state index contributed by atoms with van der Waals surface area (Å²) in [4.78, 5) is 4.45. The van der Waals surface area contributed by atoms with Gasteiger partial charge in [0.2, 0.25) is 0 Å². The van der Waals surface area contributed by atoms with Crippen LogP contribution in [0, 0.1) is 5.82 Å². The number of halogens is 1. The van der Waals surface area contributed by atoms with Gasteiger partial charge in [0.15, 0.2) is 0 Å². The van der Waals surface area contributed by atoms with Crippen molar-refractivity contribution in [3.63, 3.8) is 0 Å². The van der Waals surface area contributed by atoms with Crippen LogP contribution in [0.2, 0.25) is 0 Å². The average molecular weight is 252 g/mol. The van der Waals surface area contributed by atoms with Crippen LogP contribution in [0.3, 0.4) is 0 Å². The van der Waals surface area contributed by atoms with Crippen molar-refractivity contribution in [1.29, 1.82) is 0 Å². The summed E-state index contributed by atoms with van der Waals surface area (Å²) < 4.78 is 13.8. The molecule has 1 heterocycles. The molecule has 0 aromatic heterocycles. The van der Waals surface area contributed by atoms with Crippen molar-refractivity contribution in [3.8, 4) is 0 Å². The summed E-state index contributed by atoms with van der Waals surface area (Å²) in [6.07, 6.45) is -0.781. The molecule has 4 heteroatoms. The summed E-state index contributed by atoms with van der Waals surface area (Å²) in [5, 5.41) is 9.76. The van der Waals surface area contributed by atoms with Gasteiger partial charge in [-0.05, 0) is 33.0 Å². The van der Waals surface area contributed by atoms with Crippen LogP contribution in [0.5, 0.6) is 0 Å². The highest BCUT2D eigenvalue weighted by atomic mass is 19.1. The molecule has 100 valence electrons. The zero-order valence-electron chi connectivity index (χ0n) is 11.2. The molecule has 1 aromatic carbocycles. The maximum atomic E-state index is 13.8. The van der Waals surface area contributed by atoms with Crippen LogP contribution in [0.25, 0.3) is 0 Å². The van der Waals surface area contributed by atoms with Crippen molar-refractivity contribution in [3.05, 3.63) is 29.6 Å². The number of hydrogen-bond donors (Lipinski definition) is 1. The quantitative estimate of drug-likeness (QED) is 0.872. The summed E-state index contributed by atoms with van der Waals surface area (Å²) in [7, 11) is 2.10. The van der Waals surface area contributed by atoms with Crippen molar-refractivity contribution >= 4 is 5.69 Å². The predicted molar refractivity (Wildman–Crippen MR) is 71.3 cm³/mol. The molecule has 1 N–H and O–H groups in total. The maximum absolute atomic E-state index is 13.8. The third-order valence-electron chi connectivity index (χ3n) is 3.75. The molecule has 1 saturated heterocycles. The molecular formula is C14H21FN2O. The van der Waals surface area contributed by atoms with Crippen molar-refractivity contribution in [2.75, 3.05) is 31.6 Å². The number of aliphatic hydroxyl groups is 1. The number of aliphatic hydroxyl groups excluding tert-OH is 1. The molecule has 3 nitrogen and oxygen atoms in total. The van der Waals surface area contributed by atoms with Gasteiger partial charge in [0.05, 0.1) is 6.10 Å². The lowest BCUT2D eigenvalue weighted by molar-refractivity contribution is 0.193. The number of rotatable bonds is 2. The Morgan fingerprint density at radius 1 is 1.39 bits per heavy atom. The third kappa shape index (κ3) is 2.49. The Kier molecular flexibility index (Phi) is 3.88. The first-order valence-corrected chi connectivity index (χ1v) is 6.42. The lowest BCUT2D eigenvalue weighted by Gasteiger charge is -2.40. The minimum Gasteiger partial charge on any atom is -0.389 e. The molecule has 18 heavy (non-hydrogen) atoms. The van der Waals surface area contributed by atoms with Gasteiger partial charge in [0.1, 0.15) is 5.82 Å². The molecule has 0 spiro atoms. The Balaban J connectivity index is 2.31. The van der Waals surface area contributed by atoms with Gasteiger partial charge < -0.3 is 14.9 Å². The molecule has 1 unspecified atom stereocenters. The topological polar surface area (TPSA) is 26.7 Å². The van der Waals surface area contributed by atoms with Gasteiger partial charge in [-0.3, -0.25) is 0 Å². The molecule has 0 amide bonds. The smallest absolute Gasteiger partial charge is 0.131 e. The summed E-state index contributed by atoms with van der Waals surface area (Å²) >= 11 is 0. The highest BCUT2D eigenvalue weighted by Gasteiger charge is 2.24. The van der Waals surface area contributed by atoms with Crippen LogP contribution in [-0.2, 0) is 0 Å². The van der Waals surface area contributed by atoms with E-state index in [1.165, 1.54) is 6.07 Å². The number of hydrogen-bond acceptors (Lipinski definition) is 3. The summed E-state index contributed by atoms with van der Waals surface area (Å²) in [5.74, 6) is -0.325. The van der Waals surface area contributed by atoms with E-state index in [0.717, 1.165) is 25.3 Å². The predicted octanol–water partition coefficient (Wildman–Crippen LogP) is 2.02. The van der Waals surface area contributed by atoms with E-state index in [4.69, 9.17) is 0 Å². The van der Waals surface area contributed by atoms with Crippen molar-refractivity contribution in [1.82, 2.24) is 4.90 Å². The fourth-order valence-corrected chi connectivity index (χ4v) is 2.48. The van der Waals surface area contributed by atoms with Gasteiger partial charge in [-0.1, -0.05) is 6.07 Å². The second-order valence-electron chi connectivity index (χ2n) is 5.12. The van der Waals surface area contributed by atoms with Gasteiger partial charge >= 0.3 is 0 Å². The maximum Gasteiger partial charge on any atom is 0.131 e. The van der Waals surface area contributed by atoms with Crippen LogP contribution in [0.4, 0.5) is 10.1 Å². The third-order valence-corrected chi connectivity index (χ3v) is 3.75. The minimum atomic E-state index is -0.781. The Morgan fingerprint density at radius 2 is 2.11 bits per heavy atom. The minimum absolute atomic E-state index is 0.325.